The predicted octanol–water partition coefficient (Wildman–Crippen LogP) is 3.21. The molecule has 1 aromatic rings. The molecule has 0 aliphatic rings. The maximum Gasteiger partial charge on any atom is 0.419 e. The van der Waals surface area contributed by atoms with E-state index >= 15 is 0 Å². The minimum Gasteiger partial charge on any atom is -0.399 e. The molecule has 1 rings (SSSR count). The van der Waals surface area contributed by atoms with Gasteiger partial charge in [0.05, 0.1) is 11.3 Å². The molecule has 0 amide bonds. The molecular weight excluding hydrogens is 226 g/mol. The number of nitrogens with zero attached hydrogens (tertiary/aromatic N) is 1. The van der Waals surface area contributed by atoms with Gasteiger partial charge in [0.25, 0.3) is 0 Å². The zero-order valence-corrected chi connectivity index (χ0v) is 8.60. The topological polar surface area (TPSA) is 21.6 Å². The van der Waals surface area contributed by atoms with Crippen molar-refractivity contribution in [1.29, 1.82) is 0 Å². The quantitative estimate of drug-likeness (QED) is 0.438. The number of rotatable bonds is 2. The van der Waals surface area contributed by atoms with Gasteiger partial charge in [-0.15, -0.1) is 0 Å². The summed E-state index contributed by atoms with van der Waals surface area (Å²) in [6.45, 7) is 1.51. The van der Waals surface area contributed by atoms with Crippen LogP contribution in [-0.4, -0.2) is 12.8 Å². The summed E-state index contributed by atoms with van der Waals surface area (Å²) >= 11 is 0. The molecule has 0 atom stereocenters. The molecule has 0 saturated heterocycles. The van der Waals surface area contributed by atoms with Gasteiger partial charge in [-0.2, -0.15) is 13.2 Å². The van der Waals surface area contributed by atoms with Gasteiger partial charge in [-0.25, -0.2) is 4.39 Å². The van der Waals surface area contributed by atoms with Gasteiger partial charge in [0.1, 0.15) is 12.9 Å². The van der Waals surface area contributed by atoms with Crippen LogP contribution in [0, 0.1) is 5.82 Å². The van der Waals surface area contributed by atoms with Crippen LogP contribution < -0.4 is 0 Å². The minimum absolute atomic E-state index is 0.243. The monoisotopic (exact) mass is 235 g/mol. The Labute approximate surface area is 89.5 Å². The number of hydrogen-bond acceptors (Lipinski definition) is 2. The highest BCUT2D eigenvalue weighted by atomic mass is 19.4. The summed E-state index contributed by atoms with van der Waals surface area (Å²) in [6, 6.07) is 2.60. The van der Waals surface area contributed by atoms with E-state index in [9.17, 15) is 17.6 Å². The maximum atomic E-state index is 13.1. The van der Waals surface area contributed by atoms with Crippen LogP contribution in [0.2, 0.25) is 0 Å². The van der Waals surface area contributed by atoms with Gasteiger partial charge < -0.3 is 4.84 Å². The number of hydrogen-bond donors (Lipinski definition) is 0. The molecule has 1 aromatic carbocycles. The van der Waals surface area contributed by atoms with Gasteiger partial charge in [0.15, 0.2) is 0 Å². The molecule has 0 fully saturated rings. The summed E-state index contributed by atoms with van der Waals surface area (Å²) in [6.07, 6.45) is -4.69. The van der Waals surface area contributed by atoms with Crippen molar-refractivity contribution in [2.75, 3.05) is 7.11 Å². The summed E-state index contributed by atoms with van der Waals surface area (Å²) in [7, 11) is 1.30. The van der Waals surface area contributed by atoms with Crippen molar-refractivity contribution < 1.29 is 22.4 Å². The third kappa shape index (κ3) is 2.71. The number of alkyl halides is 3. The first-order valence-corrected chi connectivity index (χ1v) is 4.31. The zero-order valence-electron chi connectivity index (χ0n) is 8.60. The fraction of sp³-hybridized carbons (Fsp3) is 0.300. The summed E-state index contributed by atoms with van der Waals surface area (Å²) in [5, 5.41) is 3.50. The lowest BCUT2D eigenvalue weighted by atomic mass is 10.1. The lowest BCUT2D eigenvalue weighted by Gasteiger charge is -2.08. The average molecular weight is 235 g/mol. The Morgan fingerprint density at radius 2 is 1.94 bits per heavy atom. The molecule has 0 spiro atoms. The molecule has 0 aliphatic heterocycles. The maximum absolute atomic E-state index is 13.1. The van der Waals surface area contributed by atoms with Gasteiger partial charge in [0.2, 0.25) is 0 Å². The van der Waals surface area contributed by atoms with Gasteiger partial charge in [-0.05, 0) is 19.1 Å². The lowest BCUT2D eigenvalue weighted by molar-refractivity contribution is -0.140. The van der Waals surface area contributed by atoms with Crippen LogP contribution in [0.4, 0.5) is 17.6 Å². The molecular formula is C10H9F4NO. The molecule has 6 heteroatoms. The molecule has 0 aliphatic carbocycles. The van der Waals surface area contributed by atoms with E-state index in [0.717, 1.165) is 12.1 Å². The van der Waals surface area contributed by atoms with Crippen molar-refractivity contribution in [3.05, 3.63) is 35.1 Å². The molecule has 0 unspecified atom stereocenters. The van der Waals surface area contributed by atoms with E-state index in [2.05, 4.69) is 9.99 Å². The molecule has 0 radical (unpaired) electrons. The fourth-order valence-electron chi connectivity index (χ4n) is 1.16. The molecule has 0 N–H and O–H groups in total. The van der Waals surface area contributed by atoms with Gasteiger partial charge in [-0.3, -0.25) is 0 Å². The Bertz CT molecular complexity index is 412. The van der Waals surface area contributed by atoms with Crippen LogP contribution in [-0.2, 0) is 11.0 Å². The summed E-state index contributed by atoms with van der Waals surface area (Å²) in [5.41, 5.74) is -0.746. The van der Waals surface area contributed by atoms with Crippen LogP contribution in [0.25, 0.3) is 0 Å². The first kappa shape index (κ1) is 12.5. The van der Waals surface area contributed by atoms with Crippen LogP contribution in [0.3, 0.4) is 0 Å². The van der Waals surface area contributed by atoms with E-state index in [1.54, 1.807) is 0 Å². The SMILES string of the molecule is CON=C(C)c1ccc(C(F)(F)F)c(F)c1. The molecule has 0 aromatic heterocycles. The second kappa shape index (κ2) is 4.51. The molecule has 0 bridgehead atoms. The van der Waals surface area contributed by atoms with E-state index in [1.807, 2.05) is 0 Å². The van der Waals surface area contributed by atoms with Crippen molar-refractivity contribution in [1.82, 2.24) is 0 Å². The van der Waals surface area contributed by atoms with Gasteiger partial charge in [-0.1, -0.05) is 11.2 Å². The molecule has 0 saturated carbocycles. The zero-order chi connectivity index (χ0) is 12.3. The van der Waals surface area contributed by atoms with Crippen molar-refractivity contribution in [3.63, 3.8) is 0 Å². The smallest absolute Gasteiger partial charge is 0.399 e. The second-order valence-corrected chi connectivity index (χ2v) is 3.05. The number of oxime groups is 1. The van der Waals surface area contributed by atoms with E-state index in [-0.39, 0.29) is 5.56 Å². The highest BCUT2D eigenvalue weighted by Gasteiger charge is 2.33. The summed E-state index contributed by atoms with van der Waals surface area (Å²) < 4.78 is 49.8. The second-order valence-electron chi connectivity index (χ2n) is 3.05. The van der Waals surface area contributed by atoms with Crippen molar-refractivity contribution in [2.45, 2.75) is 13.1 Å². The third-order valence-electron chi connectivity index (χ3n) is 1.92. The van der Waals surface area contributed by atoms with Gasteiger partial charge >= 0.3 is 6.18 Å². The first-order chi connectivity index (χ1) is 7.36. The van der Waals surface area contributed by atoms with E-state index in [1.165, 1.54) is 14.0 Å². The normalized spacial score (nSPS) is 12.8. The Morgan fingerprint density at radius 1 is 1.31 bits per heavy atom. The van der Waals surface area contributed by atoms with Crippen LogP contribution in [0.5, 0.6) is 0 Å². The third-order valence-corrected chi connectivity index (χ3v) is 1.92. The lowest BCUT2D eigenvalue weighted by Crippen LogP contribution is -2.09. The molecule has 16 heavy (non-hydrogen) atoms. The number of benzene rings is 1. The minimum atomic E-state index is -4.69. The first-order valence-electron chi connectivity index (χ1n) is 4.31. The standard InChI is InChI=1S/C10H9F4NO/c1-6(15-16-2)7-3-4-8(9(11)5-7)10(12,13)14/h3-5H,1-2H3. The van der Waals surface area contributed by atoms with Crippen LogP contribution in [0.15, 0.2) is 23.4 Å². The van der Waals surface area contributed by atoms with E-state index < -0.39 is 17.6 Å². The molecule has 0 heterocycles. The summed E-state index contributed by atoms with van der Waals surface area (Å²) in [4.78, 5) is 4.44. The fourth-order valence-corrected chi connectivity index (χ4v) is 1.16. The van der Waals surface area contributed by atoms with Gasteiger partial charge in [0, 0.05) is 5.56 Å². The highest BCUT2D eigenvalue weighted by molar-refractivity contribution is 5.98. The Kier molecular flexibility index (Phi) is 3.51. The summed E-state index contributed by atoms with van der Waals surface area (Å²) in [5.74, 6) is -1.32. The van der Waals surface area contributed by atoms with Crippen LogP contribution >= 0.6 is 0 Å². The average Bonchev–Trinajstić information content (AvgIpc) is 2.16. The molecule has 88 valence electrons. The van der Waals surface area contributed by atoms with Crippen molar-refractivity contribution >= 4 is 5.71 Å². The Balaban J connectivity index is 3.14. The van der Waals surface area contributed by atoms with Crippen molar-refractivity contribution in [3.8, 4) is 0 Å². The van der Waals surface area contributed by atoms with Crippen LogP contribution in [0.1, 0.15) is 18.1 Å². The Morgan fingerprint density at radius 3 is 2.38 bits per heavy atom. The highest BCUT2D eigenvalue weighted by Crippen LogP contribution is 2.31. The van der Waals surface area contributed by atoms with E-state index in [4.69, 9.17) is 0 Å². The largest absolute Gasteiger partial charge is 0.419 e. The number of halogens is 4. The Hall–Kier alpha value is -1.59. The molecule has 2 nitrogen and oxygen atoms in total. The predicted molar refractivity (Wildman–Crippen MR) is 50.6 cm³/mol. The van der Waals surface area contributed by atoms with E-state index in [0.29, 0.717) is 11.8 Å². The van der Waals surface area contributed by atoms with Crippen molar-refractivity contribution in [2.24, 2.45) is 5.16 Å².